The molecule has 2 aliphatic heterocycles. The number of carbonyl (C=O) groups is 1. The van der Waals surface area contributed by atoms with Crippen molar-refractivity contribution >= 4 is 23.0 Å². The number of fused-ring (bicyclic) bond motifs is 2. The maximum atomic E-state index is 13.1. The first-order valence-corrected chi connectivity index (χ1v) is 9.09. The summed E-state index contributed by atoms with van der Waals surface area (Å²) in [4.78, 5) is 13.1. The van der Waals surface area contributed by atoms with Crippen molar-refractivity contribution in [2.75, 3.05) is 0 Å². The molecule has 0 radical (unpaired) electrons. The molecule has 0 bridgehead atoms. The molecule has 134 valence electrons. The summed E-state index contributed by atoms with van der Waals surface area (Å²) in [6, 6.07) is 13.9. The molecule has 0 unspecified atom stereocenters. The highest BCUT2D eigenvalue weighted by Gasteiger charge is 2.49. The van der Waals surface area contributed by atoms with Gasteiger partial charge in [0.25, 0.3) is 0 Å². The van der Waals surface area contributed by atoms with Crippen LogP contribution in [0.25, 0.3) is 16.7 Å². The van der Waals surface area contributed by atoms with Crippen molar-refractivity contribution in [3.05, 3.63) is 64.4 Å². The zero-order valence-corrected chi connectivity index (χ0v) is 16.1. The molecule has 0 saturated carbocycles. The average Bonchev–Trinajstić information content (AvgIpc) is 2.58. The molecule has 4 heteroatoms. The summed E-state index contributed by atoms with van der Waals surface area (Å²) >= 11 is 6.00. The van der Waals surface area contributed by atoms with Gasteiger partial charge in [-0.05, 0) is 68.1 Å². The second-order valence-electron chi connectivity index (χ2n) is 7.82. The van der Waals surface area contributed by atoms with Gasteiger partial charge in [0.2, 0.25) is 0 Å². The molecule has 0 atom stereocenters. The minimum atomic E-state index is -0.892. The summed E-state index contributed by atoms with van der Waals surface area (Å²) in [5.74, 6) is 0.587. The van der Waals surface area contributed by atoms with Crippen molar-refractivity contribution in [1.82, 2.24) is 0 Å². The molecule has 2 aliphatic rings. The molecular formula is C22H21ClO3. The van der Waals surface area contributed by atoms with Gasteiger partial charge in [-0.15, -0.1) is 0 Å². The molecule has 26 heavy (non-hydrogen) atoms. The molecule has 2 aromatic carbocycles. The number of hydrogen-bond acceptors (Lipinski definition) is 3. The van der Waals surface area contributed by atoms with E-state index in [1.807, 2.05) is 58.0 Å². The molecular weight excluding hydrogens is 348 g/mol. The molecule has 0 fully saturated rings. The van der Waals surface area contributed by atoms with Gasteiger partial charge in [0.15, 0.2) is 5.78 Å². The zero-order valence-electron chi connectivity index (χ0n) is 15.4. The second kappa shape index (κ2) is 5.70. The Morgan fingerprint density at radius 2 is 1.58 bits per heavy atom. The van der Waals surface area contributed by atoms with E-state index in [0.29, 0.717) is 23.0 Å². The van der Waals surface area contributed by atoms with E-state index in [9.17, 15) is 4.79 Å². The van der Waals surface area contributed by atoms with Gasteiger partial charge in [-0.3, -0.25) is 4.79 Å². The van der Waals surface area contributed by atoms with Gasteiger partial charge in [0, 0.05) is 5.02 Å². The van der Waals surface area contributed by atoms with Crippen molar-refractivity contribution in [1.29, 1.82) is 0 Å². The minimum Gasteiger partial charge on any atom is -0.489 e. The van der Waals surface area contributed by atoms with Gasteiger partial charge in [-0.25, -0.2) is 0 Å². The van der Waals surface area contributed by atoms with Crippen LogP contribution in [-0.4, -0.2) is 17.0 Å². The monoisotopic (exact) mass is 368 g/mol. The topological polar surface area (TPSA) is 35.5 Å². The lowest BCUT2D eigenvalue weighted by atomic mass is 9.80. The number of rotatable bonds is 1. The molecule has 0 saturated heterocycles. The van der Waals surface area contributed by atoms with Gasteiger partial charge in [0.05, 0.1) is 5.57 Å². The van der Waals surface area contributed by atoms with Gasteiger partial charge >= 0.3 is 0 Å². The van der Waals surface area contributed by atoms with Crippen LogP contribution in [0, 0.1) is 0 Å². The van der Waals surface area contributed by atoms with Crippen molar-refractivity contribution < 1.29 is 14.3 Å². The second-order valence-corrected chi connectivity index (χ2v) is 8.26. The van der Waals surface area contributed by atoms with Crippen LogP contribution in [0.2, 0.25) is 5.02 Å². The molecule has 4 rings (SSSR count). The summed E-state index contributed by atoms with van der Waals surface area (Å²) in [6.45, 7) is 7.97. The Labute approximate surface area is 158 Å². The first kappa shape index (κ1) is 17.3. The quantitative estimate of drug-likeness (QED) is 0.675. The van der Waals surface area contributed by atoms with Crippen LogP contribution in [0.15, 0.2) is 48.2 Å². The SMILES string of the molecule is CC1(C)OC(C)(C)C2=C(C1=O)c1cc(-c3ccc(Cl)cc3)ccc1CO2. The number of ether oxygens (including phenoxy) is 2. The van der Waals surface area contributed by atoms with Gasteiger partial charge in [-0.1, -0.05) is 35.9 Å². The molecule has 3 nitrogen and oxygen atoms in total. The van der Waals surface area contributed by atoms with Crippen molar-refractivity contribution in [3.8, 4) is 11.1 Å². The number of ketones is 1. The normalized spacial score (nSPS) is 20.3. The summed E-state index contributed by atoms with van der Waals surface area (Å²) in [5, 5.41) is 0.702. The van der Waals surface area contributed by atoms with Gasteiger partial charge < -0.3 is 9.47 Å². The smallest absolute Gasteiger partial charge is 0.198 e. The number of benzene rings is 2. The lowest BCUT2D eigenvalue weighted by molar-refractivity contribution is -0.161. The summed E-state index contributed by atoms with van der Waals surface area (Å²) in [5.41, 5.74) is 3.16. The fraction of sp³-hybridized carbons (Fsp3) is 0.318. The van der Waals surface area contributed by atoms with Crippen LogP contribution < -0.4 is 0 Å². The summed E-state index contributed by atoms with van der Waals surface area (Å²) in [6.07, 6.45) is 0. The van der Waals surface area contributed by atoms with Crippen LogP contribution in [0.3, 0.4) is 0 Å². The fourth-order valence-corrected chi connectivity index (χ4v) is 3.96. The lowest BCUT2D eigenvalue weighted by Gasteiger charge is -2.44. The van der Waals surface area contributed by atoms with Crippen molar-refractivity contribution in [2.45, 2.75) is 45.5 Å². The van der Waals surface area contributed by atoms with E-state index in [4.69, 9.17) is 21.1 Å². The number of halogens is 1. The Balaban J connectivity index is 1.90. The van der Waals surface area contributed by atoms with E-state index >= 15 is 0 Å². The van der Waals surface area contributed by atoms with E-state index in [2.05, 4.69) is 12.1 Å². The maximum absolute atomic E-state index is 13.1. The Hall–Kier alpha value is -2.10. The molecule has 2 aromatic rings. The number of hydrogen-bond donors (Lipinski definition) is 0. The van der Waals surface area contributed by atoms with Crippen LogP contribution in [0.5, 0.6) is 0 Å². The molecule has 0 N–H and O–H groups in total. The lowest BCUT2D eigenvalue weighted by Crippen LogP contribution is -2.50. The highest BCUT2D eigenvalue weighted by molar-refractivity contribution is 6.30. The van der Waals surface area contributed by atoms with Crippen LogP contribution >= 0.6 is 11.6 Å². The summed E-state index contributed by atoms with van der Waals surface area (Å²) < 4.78 is 12.0. The Morgan fingerprint density at radius 3 is 2.27 bits per heavy atom. The van der Waals surface area contributed by atoms with Crippen molar-refractivity contribution in [2.24, 2.45) is 0 Å². The van der Waals surface area contributed by atoms with E-state index < -0.39 is 11.2 Å². The standard InChI is InChI=1S/C22H21ClO3/c1-21(2)19(24)18-17-11-14(13-7-9-16(23)10-8-13)5-6-15(17)12-25-20(18)22(3,4)26-21/h5-11H,12H2,1-4H3. The Kier molecular flexibility index (Phi) is 3.80. The van der Waals surface area contributed by atoms with Crippen LogP contribution in [0.1, 0.15) is 38.8 Å². The zero-order chi connectivity index (χ0) is 18.7. The predicted molar refractivity (Wildman–Crippen MR) is 103 cm³/mol. The molecule has 0 aromatic heterocycles. The number of Topliss-reactive ketones (excluding diaryl/α,β-unsaturated/α-hetero) is 1. The highest BCUT2D eigenvalue weighted by Crippen LogP contribution is 2.45. The summed E-state index contributed by atoms with van der Waals surface area (Å²) in [7, 11) is 0. The van der Waals surface area contributed by atoms with Gasteiger partial charge in [-0.2, -0.15) is 0 Å². The first-order chi connectivity index (χ1) is 12.2. The molecule has 0 aliphatic carbocycles. The molecule has 0 amide bonds. The highest BCUT2D eigenvalue weighted by atomic mass is 35.5. The van der Waals surface area contributed by atoms with E-state index in [0.717, 1.165) is 22.3 Å². The number of carbonyl (C=O) groups excluding carboxylic acids is 1. The van der Waals surface area contributed by atoms with Gasteiger partial charge in [0.1, 0.15) is 23.6 Å². The maximum Gasteiger partial charge on any atom is 0.198 e. The Morgan fingerprint density at radius 1 is 0.923 bits per heavy atom. The minimum absolute atomic E-state index is 0.0407. The largest absolute Gasteiger partial charge is 0.489 e. The molecule has 0 spiro atoms. The van der Waals surface area contributed by atoms with Crippen LogP contribution in [-0.2, 0) is 20.9 Å². The molecule has 2 heterocycles. The van der Waals surface area contributed by atoms with Crippen LogP contribution in [0.4, 0.5) is 0 Å². The fourth-order valence-electron chi connectivity index (χ4n) is 3.83. The van der Waals surface area contributed by atoms with Crippen molar-refractivity contribution in [3.63, 3.8) is 0 Å². The Bertz CT molecular complexity index is 936. The first-order valence-electron chi connectivity index (χ1n) is 8.71. The third-order valence-corrected chi connectivity index (χ3v) is 5.24. The third-order valence-electron chi connectivity index (χ3n) is 4.99. The van der Waals surface area contributed by atoms with E-state index in [1.165, 1.54) is 0 Å². The van der Waals surface area contributed by atoms with E-state index in [1.54, 1.807) is 0 Å². The van der Waals surface area contributed by atoms with E-state index in [-0.39, 0.29) is 5.78 Å². The third kappa shape index (κ3) is 2.67. The predicted octanol–water partition coefficient (Wildman–Crippen LogP) is 5.40. The average molecular weight is 369 g/mol.